The fraction of sp³-hybridized carbons (Fsp3) is 0.357. The Bertz CT molecular complexity index is 745. The maximum absolute atomic E-state index is 12.5. The van der Waals surface area contributed by atoms with Crippen molar-refractivity contribution in [3.63, 3.8) is 0 Å². The zero-order valence-corrected chi connectivity index (χ0v) is 13.9. The monoisotopic (exact) mass is 329 g/mol. The second-order valence-corrected chi connectivity index (χ2v) is 7.18. The van der Waals surface area contributed by atoms with E-state index in [1.54, 1.807) is 32.2 Å². The average molecular weight is 330 g/mol. The highest BCUT2D eigenvalue weighted by Gasteiger charge is 2.26. The maximum atomic E-state index is 12.5. The van der Waals surface area contributed by atoms with Gasteiger partial charge < -0.3 is 5.73 Å². The summed E-state index contributed by atoms with van der Waals surface area (Å²) in [5.74, 6) is 0. The molecule has 0 bridgehead atoms. The van der Waals surface area contributed by atoms with Crippen molar-refractivity contribution in [2.75, 3.05) is 6.54 Å². The average Bonchev–Trinajstić information content (AvgIpc) is 2.36. The largest absolute Gasteiger partial charge is 0.329 e. The minimum atomic E-state index is -3.66. The van der Waals surface area contributed by atoms with Crippen LogP contribution >= 0.6 is 12.4 Å². The van der Waals surface area contributed by atoms with Crippen LogP contribution in [0, 0.1) is 6.92 Å². The fourth-order valence-corrected chi connectivity index (χ4v) is 3.52. The van der Waals surface area contributed by atoms with Crippen LogP contribution in [-0.4, -0.2) is 25.5 Å². The van der Waals surface area contributed by atoms with E-state index >= 15 is 0 Å². The Morgan fingerprint density at radius 1 is 1.33 bits per heavy atom. The Kier molecular flexibility index (Phi) is 5.33. The van der Waals surface area contributed by atoms with Crippen LogP contribution in [0.5, 0.6) is 0 Å². The van der Waals surface area contributed by atoms with Crippen LogP contribution in [0.25, 0.3) is 10.9 Å². The minimum absolute atomic E-state index is 0. The normalized spacial score (nSPS) is 12.2. The van der Waals surface area contributed by atoms with E-state index < -0.39 is 15.6 Å². The maximum Gasteiger partial charge on any atom is 0.243 e. The number of nitrogens with zero attached hydrogens (tertiary/aromatic N) is 1. The lowest BCUT2D eigenvalue weighted by molar-refractivity contribution is 0.463. The molecule has 2 rings (SSSR count). The molecule has 0 atom stereocenters. The first-order valence-electron chi connectivity index (χ1n) is 6.35. The summed E-state index contributed by atoms with van der Waals surface area (Å²) < 4.78 is 27.6. The third-order valence-electron chi connectivity index (χ3n) is 3.02. The summed E-state index contributed by atoms with van der Waals surface area (Å²) in [5, 5.41) is 0.804. The molecule has 7 heteroatoms. The molecule has 3 N–H and O–H groups in total. The van der Waals surface area contributed by atoms with Gasteiger partial charge in [0.05, 0.1) is 5.52 Å². The molecular weight excluding hydrogens is 310 g/mol. The molecule has 21 heavy (non-hydrogen) atoms. The first-order valence-corrected chi connectivity index (χ1v) is 7.83. The molecule has 2 aromatic rings. The lowest BCUT2D eigenvalue weighted by Crippen LogP contribution is -2.48. The number of nitrogens with two attached hydrogens (primary N) is 1. The van der Waals surface area contributed by atoms with Gasteiger partial charge >= 0.3 is 0 Å². The third-order valence-corrected chi connectivity index (χ3v) is 4.75. The number of fused-ring (bicyclic) bond motifs is 1. The van der Waals surface area contributed by atoms with Crippen LogP contribution in [0.4, 0.5) is 0 Å². The van der Waals surface area contributed by atoms with Crippen molar-refractivity contribution >= 4 is 33.3 Å². The molecule has 0 aliphatic heterocycles. The highest BCUT2D eigenvalue weighted by molar-refractivity contribution is 7.89. The second-order valence-electron chi connectivity index (χ2n) is 5.53. The topological polar surface area (TPSA) is 85.1 Å². The van der Waals surface area contributed by atoms with E-state index in [0.29, 0.717) is 5.52 Å². The summed E-state index contributed by atoms with van der Waals surface area (Å²) in [7, 11) is -3.66. The lowest BCUT2D eigenvalue weighted by Gasteiger charge is -2.24. The molecule has 5 nitrogen and oxygen atoms in total. The van der Waals surface area contributed by atoms with Crippen LogP contribution in [0.1, 0.15) is 19.4 Å². The van der Waals surface area contributed by atoms with E-state index in [1.807, 2.05) is 19.1 Å². The fourth-order valence-electron chi connectivity index (χ4n) is 1.92. The highest BCUT2D eigenvalue weighted by atomic mass is 35.5. The lowest BCUT2D eigenvalue weighted by atomic mass is 10.1. The summed E-state index contributed by atoms with van der Waals surface area (Å²) in [6, 6.07) is 7.03. The van der Waals surface area contributed by atoms with Crippen molar-refractivity contribution in [3.8, 4) is 0 Å². The number of para-hydroxylation sites is 1. The Labute approximate surface area is 131 Å². The number of hydrogen-bond acceptors (Lipinski definition) is 4. The third kappa shape index (κ3) is 3.91. The summed E-state index contributed by atoms with van der Waals surface area (Å²) >= 11 is 0. The van der Waals surface area contributed by atoms with Gasteiger partial charge in [-0.25, -0.2) is 13.1 Å². The summed E-state index contributed by atoms with van der Waals surface area (Å²) in [6.45, 7) is 5.62. The smallest absolute Gasteiger partial charge is 0.243 e. The summed E-state index contributed by atoms with van der Waals surface area (Å²) in [6.07, 6.45) is 1.66. The Morgan fingerprint density at radius 3 is 2.62 bits per heavy atom. The van der Waals surface area contributed by atoms with Gasteiger partial charge in [-0.05, 0) is 38.5 Å². The van der Waals surface area contributed by atoms with Crippen LogP contribution < -0.4 is 10.5 Å². The number of pyridine rings is 1. The van der Waals surface area contributed by atoms with E-state index in [2.05, 4.69) is 9.71 Å². The van der Waals surface area contributed by atoms with Crippen molar-refractivity contribution in [3.05, 3.63) is 36.0 Å². The van der Waals surface area contributed by atoms with E-state index in [4.69, 9.17) is 5.73 Å². The van der Waals surface area contributed by atoms with Crippen molar-refractivity contribution < 1.29 is 8.42 Å². The molecule has 0 spiro atoms. The molecular formula is C14H20ClN3O2S. The van der Waals surface area contributed by atoms with Gasteiger partial charge in [-0.15, -0.1) is 12.4 Å². The number of hydrogen-bond donors (Lipinski definition) is 2. The number of nitrogens with one attached hydrogen (secondary N) is 1. The van der Waals surface area contributed by atoms with Crippen molar-refractivity contribution in [2.24, 2.45) is 5.73 Å². The molecule has 0 aliphatic carbocycles. The SMILES string of the molecule is Cc1cnc2c(S(=O)(=O)NC(C)(C)CN)cccc2c1.Cl. The van der Waals surface area contributed by atoms with E-state index in [-0.39, 0.29) is 23.8 Å². The molecule has 0 aliphatic rings. The Morgan fingerprint density at radius 2 is 2.00 bits per heavy atom. The zero-order valence-electron chi connectivity index (χ0n) is 12.3. The van der Waals surface area contributed by atoms with Gasteiger partial charge in [0.2, 0.25) is 10.0 Å². The first-order chi connectivity index (χ1) is 9.25. The summed E-state index contributed by atoms with van der Waals surface area (Å²) in [4.78, 5) is 4.43. The van der Waals surface area contributed by atoms with Crippen LogP contribution in [0.2, 0.25) is 0 Å². The molecule has 0 fully saturated rings. The molecule has 1 aromatic heterocycles. The standard InChI is InChI=1S/C14H19N3O2S.ClH/c1-10-7-11-5-4-6-12(13(11)16-8-10)20(18,19)17-14(2,3)9-15;/h4-8,17H,9,15H2,1-3H3;1H. The second kappa shape index (κ2) is 6.27. The number of benzene rings is 1. The molecule has 0 unspecified atom stereocenters. The number of halogens is 1. The van der Waals surface area contributed by atoms with Gasteiger partial charge in [0, 0.05) is 23.7 Å². The van der Waals surface area contributed by atoms with Gasteiger partial charge in [-0.2, -0.15) is 0 Å². The minimum Gasteiger partial charge on any atom is -0.329 e. The predicted octanol–water partition coefficient (Wildman–Crippen LogP) is 1.98. The molecule has 1 aromatic carbocycles. The van der Waals surface area contributed by atoms with Gasteiger partial charge in [0.25, 0.3) is 0 Å². The van der Waals surface area contributed by atoms with Crippen LogP contribution in [0.3, 0.4) is 0 Å². The number of sulfonamides is 1. The van der Waals surface area contributed by atoms with Crippen LogP contribution in [-0.2, 0) is 10.0 Å². The van der Waals surface area contributed by atoms with Crippen molar-refractivity contribution in [2.45, 2.75) is 31.2 Å². The molecule has 116 valence electrons. The van der Waals surface area contributed by atoms with Crippen LogP contribution in [0.15, 0.2) is 35.4 Å². The molecule has 0 amide bonds. The zero-order chi connectivity index (χ0) is 15.0. The quantitative estimate of drug-likeness (QED) is 0.898. The predicted molar refractivity (Wildman–Crippen MR) is 87.2 cm³/mol. The van der Waals surface area contributed by atoms with Gasteiger partial charge in [-0.3, -0.25) is 4.98 Å². The van der Waals surface area contributed by atoms with E-state index in [0.717, 1.165) is 10.9 Å². The van der Waals surface area contributed by atoms with Crippen molar-refractivity contribution in [1.82, 2.24) is 9.71 Å². The summed E-state index contributed by atoms with van der Waals surface area (Å²) in [5.41, 5.74) is 6.34. The van der Waals surface area contributed by atoms with Crippen molar-refractivity contribution in [1.29, 1.82) is 0 Å². The number of rotatable bonds is 4. The Hall–Kier alpha value is -1.21. The highest BCUT2D eigenvalue weighted by Crippen LogP contribution is 2.22. The van der Waals surface area contributed by atoms with Gasteiger partial charge in [0.15, 0.2) is 0 Å². The Balaban J connectivity index is 0.00000220. The first kappa shape index (κ1) is 17.8. The van der Waals surface area contributed by atoms with E-state index in [9.17, 15) is 8.42 Å². The molecule has 0 saturated heterocycles. The molecule has 1 heterocycles. The molecule has 0 radical (unpaired) electrons. The van der Waals surface area contributed by atoms with Gasteiger partial charge in [-0.1, -0.05) is 12.1 Å². The van der Waals surface area contributed by atoms with Gasteiger partial charge in [0.1, 0.15) is 4.90 Å². The number of aromatic nitrogens is 1. The molecule has 0 saturated carbocycles. The number of aryl methyl sites for hydroxylation is 1. The van der Waals surface area contributed by atoms with E-state index in [1.165, 1.54) is 0 Å².